The molecule has 0 aliphatic rings. The minimum Gasteiger partial charge on any atom is -0.283 e. The van der Waals surface area contributed by atoms with E-state index in [1.807, 2.05) is 42.3 Å². The Morgan fingerprint density at radius 2 is 1.90 bits per heavy atom. The van der Waals surface area contributed by atoms with Crippen LogP contribution in [0.3, 0.4) is 0 Å². The zero-order valence-corrected chi connectivity index (χ0v) is 11.7. The molecule has 1 atom stereocenters. The maximum atomic E-state index is 13.3. The van der Waals surface area contributed by atoms with Crippen molar-refractivity contribution in [1.29, 1.82) is 5.26 Å². The van der Waals surface area contributed by atoms with Gasteiger partial charge in [-0.05, 0) is 36.7 Å². The molecule has 0 radical (unpaired) electrons. The van der Waals surface area contributed by atoms with Crippen LogP contribution in [-0.2, 0) is 6.54 Å². The van der Waals surface area contributed by atoms with Gasteiger partial charge >= 0.3 is 0 Å². The summed E-state index contributed by atoms with van der Waals surface area (Å²) in [7, 11) is 1.90. The fourth-order valence-corrected chi connectivity index (χ4v) is 2.23. The smallest absolute Gasteiger partial charge is 0.126 e. The van der Waals surface area contributed by atoms with Crippen molar-refractivity contribution in [3.05, 3.63) is 71.0 Å². The predicted octanol–water partition coefficient (Wildman–Crippen LogP) is 3.83. The van der Waals surface area contributed by atoms with E-state index < -0.39 is 0 Å². The van der Waals surface area contributed by atoms with Gasteiger partial charge in [0.2, 0.25) is 0 Å². The molecule has 0 fully saturated rings. The molecule has 0 saturated carbocycles. The molecule has 102 valence electrons. The highest BCUT2D eigenvalue weighted by Gasteiger charge is 2.17. The second-order valence-corrected chi connectivity index (χ2v) is 4.94. The molecule has 0 N–H and O–H groups in total. The Kier molecular flexibility index (Phi) is 4.49. The zero-order valence-electron chi connectivity index (χ0n) is 11.7. The number of rotatable bonds is 4. The van der Waals surface area contributed by atoms with Gasteiger partial charge in [0.25, 0.3) is 0 Å². The monoisotopic (exact) mass is 268 g/mol. The fraction of sp³-hybridized carbons (Fsp3) is 0.235. The van der Waals surface area contributed by atoms with Crippen molar-refractivity contribution in [3.63, 3.8) is 0 Å². The Hall–Kier alpha value is -2.18. The number of aryl methyl sites for hydroxylation is 1. The third-order valence-electron chi connectivity index (χ3n) is 3.34. The van der Waals surface area contributed by atoms with Gasteiger partial charge in [-0.15, -0.1) is 0 Å². The summed E-state index contributed by atoms with van der Waals surface area (Å²) < 4.78 is 13.3. The molecule has 3 heteroatoms. The Bertz CT molecular complexity index is 617. The number of hydrogen-bond donors (Lipinski definition) is 0. The van der Waals surface area contributed by atoms with Gasteiger partial charge in [0.1, 0.15) is 11.9 Å². The number of hydrogen-bond acceptors (Lipinski definition) is 2. The molecule has 1 unspecified atom stereocenters. The van der Waals surface area contributed by atoms with Crippen LogP contribution in [0.4, 0.5) is 4.39 Å². The Balaban J connectivity index is 2.19. The Labute approximate surface area is 119 Å². The van der Waals surface area contributed by atoms with Crippen molar-refractivity contribution in [2.75, 3.05) is 7.05 Å². The van der Waals surface area contributed by atoms with Crippen LogP contribution in [0.2, 0.25) is 0 Å². The van der Waals surface area contributed by atoms with Gasteiger partial charge in [-0.1, -0.05) is 42.5 Å². The van der Waals surface area contributed by atoms with Crippen LogP contribution in [0.1, 0.15) is 22.7 Å². The third-order valence-corrected chi connectivity index (χ3v) is 3.34. The summed E-state index contributed by atoms with van der Waals surface area (Å²) in [5.41, 5.74) is 2.54. The molecule has 2 aromatic rings. The average molecular weight is 268 g/mol. The van der Waals surface area contributed by atoms with Crippen LogP contribution in [0.5, 0.6) is 0 Å². The van der Waals surface area contributed by atoms with Gasteiger partial charge < -0.3 is 0 Å². The van der Waals surface area contributed by atoms with Gasteiger partial charge in [-0.25, -0.2) is 4.39 Å². The van der Waals surface area contributed by atoms with E-state index in [9.17, 15) is 9.65 Å². The fourth-order valence-electron chi connectivity index (χ4n) is 2.23. The Morgan fingerprint density at radius 3 is 2.50 bits per heavy atom. The number of nitriles is 1. The summed E-state index contributed by atoms with van der Waals surface area (Å²) in [5.74, 6) is -0.240. The summed E-state index contributed by atoms with van der Waals surface area (Å²) in [6.07, 6.45) is 0. The lowest BCUT2D eigenvalue weighted by Crippen LogP contribution is -2.23. The van der Waals surface area contributed by atoms with Crippen LogP contribution >= 0.6 is 0 Å². The Morgan fingerprint density at radius 1 is 1.20 bits per heavy atom. The summed E-state index contributed by atoms with van der Waals surface area (Å²) in [4.78, 5) is 1.96. The summed E-state index contributed by atoms with van der Waals surface area (Å²) >= 11 is 0. The molecule has 0 bridgehead atoms. The second-order valence-electron chi connectivity index (χ2n) is 4.94. The summed E-state index contributed by atoms with van der Waals surface area (Å²) in [6, 6.07) is 16.7. The minimum absolute atomic E-state index is 0.240. The lowest BCUT2D eigenvalue weighted by atomic mass is 10.0. The molecule has 0 amide bonds. The molecule has 0 spiro atoms. The van der Waals surface area contributed by atoms with Crippen LogP contribution < -0.4 is 0 Å². The van der Waals surface area contributed by atoms with E-state index in [-0.39, 0.29) is 11.9 Å². The van der Waals surface area contributed by atoms with E-state index in [4.69, 9.17) is 0 Å². The van der Waals surface area contributed by atoms with Gasteiger partial charge in [0.05, 0.1) is 6.07 Å². The molecular weight excluding hydrogens is 251 g/mol. The van der Waals surface area contributed by atoms with Crippen molar-refractivity contribution < 1.29 is 4.39 Å². The molecule has 0 aromatic heterocycles. The van der Waals surface area contributed by atoms with E-state index >= 15 is 0 Å². The largest absolute Gasteiger partial charge is 0.283 e. The molecule has 0 heterocycles. The highest BCUT2D eigenvalue weighted by molar-refractivity contribution is 5.30. The quantitative estimate of drug-likeness (QED) is 0.842. The lowest BCUT2D eigenvalue weighted by Gasteiger charge is -2.23. The molecule has 0 aliphatic carbocycles. The first-order valence-electron chi connectivity index (χ1n) is 6.51. The van der Waals surface area contributed by atoms with Gasteiger partial charge in [0.15, 0.2) is 0 Å². The molecule has 2 rings (SSSR count). The van der Waals surface area contributed by atoms with E-state index in [2.05, 4.69) is 6.07 Å². The molecule has 2 nitrogen and oxygen atoms in total. The van der Waals surface area contributed by atoms with Crippen molar-refractivity contribution >= 4 is 0 Å². The predicted molar refractivity (Wildman–Crippen MR) is 77.4 cm³/mol. The topological polar surface area (TPSA) is 27.0 Å². The highest BCUT2D eigenvalue weighted by atomic mass is 19.1. The lowest BCUT2D eigenvalue weighted by molar-refractivity contribution is 0.283. The van der Waals surface area contributed by atoms with Crippen molar-refractivity contribution in [3.8, 4) is 6.07 Å². The molecular formula is C17H17FN2. The molecule has 0 saturated heterocycles. The summed E-state index contributed by atoms with van der Waals surface area (Å²) in [6.45, 7) is 2.39. The van der Waals surface area contributed by atoms with Crippen molar-refractivity contribution in [2.24, 2.45) is 0 Å². The second kappa shape index (κ2) is 6.31. The third kappa shape index (κ3) is 3.23. The van der Waals surface area contributed by atoms with E-state index in [1.54, 1.807) is 19.1 Å². The first kappa shape index (κ1) is 14.2. The van der Waals surface area contributed by atoms with Crippen LogP contribution in [0.15, 0.2) is 48.5 Å². The highest BCUT2D eigenvalue weighted by Crippen LogP contribution is 2.22. The SMILES string of the molecule is Cc1cc(C(C#N)N(C)Cc2ccccc2)ccc1F. The van der Waals surface area contributed by atoms with Crippen molar-refractivity contribution in [2.45, 2.75) is 19.5 Å². The van der Waals surface area contributed by atoms with Gasteiger partial charge in [-0.2, -0.15) is 5.26 Å². The number of nitrogens with zero attached hydrogens (tertiary/aromatic N) is 2. The maximum absolute atomic E-state index is 13.3. The number of benzene rings is 2. The maximum Gasteiger partial charge on any atom is 0.126 e. The van der Waals surface area contributed by atoms with Gasteiger partial charge in [0, 0.05) is 6.54 Å². The average Bonchev–Trinajstić information content (AvgIpc) is 2.44. The molecule has 2 aromatic carbocycles. The summed E-state index contributed by atoms with van der Waals surface area (Å²) in [5, 5.41) is 9.40. The first-order chi connectivity index (χ1) is 9.61. The van der Waals surface area contributed by atoms with Crippen LogP contribution in [0, 0.1) is 24.1 Å². The van der Waals surface area contributed by atoms with E-state index in [1.165, 1.54) is 6.07 Å². The van der Waals surface area contributed by atoms with Crippen LogP contribution in [0.25, 0.3) is 0 Å². The number of halogens is 1. The molecule has 20 heavy (non-hydrogen) atoms. The van der Waals surface area contributed by atoms with Crippen molar-refractivity contribution in [1.82, 2.24) is 4.90 Å². The normalized spacial score (nSPS) is 12.2. The standard InChI is InChI=1S/C17H17FN2/c1-13-10-15(8-9-16(13)18)17(11-19)20(2)12-14-6-4-3-5-7-14/h3-10,17H,12H2,1-2H3. The van der Waals surface area contributed by atoms with Crippen LogP contribution in [-0.4, -0.2) is 11.9 Å². The molecule has 0 aliphatic heterocycles. The van der Waals surface area contributed by atoms with E-state index in [0.29, 0.717) is 12.1 Å². The first-order valence-corrected chi connectivity index (χ1v) is 6.51. The minimum atomic E-state index is -0.380. The van der Waals surface area contributed by atoms with Gasteiger partial charge in [-0.3, -0.25) is 4.90 Å². The van der Waals surface area contributed by atoms with E-state index in [0.717, 1.165) is 11.1 Å². The zero-order chi connectivity index (χ0) is 14.5.